The average molecular weight is 360 g/mol. The van der Waals surface area contributed by atoms with Crippen molar-refractivity contribution in [3.05, 3.63) is 70.8 Å². The molecular formula is C20H22F2N2O2. The molecule has 1 heterocycles. The normalized spacial score (nSPS) is 15.9. The highest BCUT2D eigenvalue weighted by Gasteiger charge is 2.19. The largest absolute Gasteiger partial charge is 0.478 e. The molecule has 138 valence electrons. The summed E-state index contributed by atoms with van der Waals surface area (Å²) >= 11 is 0. The number of hydrogen-bond donors (Lipinski definition) is 2. The topological polar surface area (TPSA) is 52.6 Å². The number of nitrogens with zero attached hydrogens (tertiary/aromatic N) is 1. The van der Waals surface area contributed by atoms with Gasteiger partial charge in [-0.2, -0.15) is 0 Å². The van der Waals surface area contributed by atoms with E-state index in [0.717, 1.165) is 37.1 Å². The monoisotopic (exact) mass is 360 g/mol. The van der Waals surface area contributed by atoms with E-state index in [4.69, 9.17) is 5.11 Å². The first-order valence-corrected chi connectivity index (χ1v) is 8.73. The maximum atomic E-state index is 13.3. The molecule has 0 aromatic heterocycles. The summed E-state index contributed by atoms with van der Waals surface area (Å²) < 4.78 is 26.3. The molecule has 1 saturated heterocycles. The van der Waals surface area contributed by atoms with Crippen molar-refractivity contribution in [1.29, 1.82) is 0 Å². The van der Waals surface area contributed by atoms with Gasteiger partial charge in [0.25, 0.3) is 0 Å². The van der Waals surface area contributed by atoms with Crippen LogP contribution in [0.2, 0.25) is 0 Å². The Kier molecular flexibility index (Phi) is 5.96. The highest BCUT2D eigenvalue weighted by atomic mass is 19.2. The van der Waals surface area contributed by atoms with Gasteiger partial charge in [-0.05, 0) is 61.3 Å². The lowest BCUT2D eigenvalue weighted by atomic mass is 10.0. The molecule has 6 heteroatoms. The van der Waals surface area contributed by atoms with E-state index in [0.29, 0.717) is 24.7 Å². The summed E-state index contributed by atoms with van der Waals surface area (Å²) in [5, 5.41) is 12.5. The predicted molar refractivity (Wildman–Crippen MR) is 94.9 cm³/mol. The molecule has 1 aliphatic heterocycles. The first kappa shape index (κ1) is 18.5. The van der Waals surface area contributed by atoms with Gasteiger partial charge in [-0.1, -0.05) is 18.2 Å². The zero-order valence-corrected chi connectivity index (χ0v) is 14.4. The number of aromatic carboxylic acids is 1. The fourth-order valence-corrected chi connectivity index (χ4v) is 3.27. The van der Waals surface area contributed by atoms with Gasteiger partial charge in [0.1, 0.15) is 0 Å². The van der Waals surface area contributed by atoms with E-state index in [9.17, 15) is 13.6 Å². The van der Waals surface area contributed by atoms with Gasteiger partial charge in [0.2, 0.25) is 0 Å². The van der Waals surface area contributed by atoms with Gasteiger partial charge in [-0.3, -0.25) is 4.90 Å². The number of nitrogens with one attached hydrogen (secondary N) is 1. The average Bonchev–Trinajstić information content (AvgIpc) is 2.64. The molecule has 0 aliphatic carbocycles. The van der Waals surface area contributed by atoms with Gasteiger partial charge in [-0.15, -0.1) is 0 Å². The summed E-state index contributed by atoms with van der Waals surface area (Å²) in [6.45, 7) is 3.01. The van der Waals surface area contributed by atoms with E-state index in [-0.39, 0.29) is 0 Å². The number of benzene rings is 2. The van der Waals surface area contributed by atoms with Crippen LogP contribution in [0, 0.1) is 11.6 Å². The first-order chi connectivity index (χ1) is 12.5. The lowest BCUT2D eigenvalue weighted by Gasteiger charge is -2.32. The van der Waals surface area contributed by atoms with Crippen molar-refractivity contribution in [1.82, 2.24) is 10.2 Å². The summed E-state index contributed by atoms with van der Waals surface area (Å²) in [6.07, 6.45) is 1.92. The van der Waals surface area contributed by atoms with Crippen LogP contribution < -0.4 is 5.32 Å². The Morgan fingerprint density at radius 2 is 1.85 bits per heavy atom. The van der Waals surface area contributed by atoms with Crippen LogP contribution in [0.15, 0.2) is 42.5 Å². The van der Waals surface area contributed by atoms with Crippen LogP contribution in [0.25, 0.3) is 0 Å². The Morgan fingerprint density at radius 1 is 1.08 bits per heavy atom. The fraction of sp³-hybridized carbons (Fsp3) is 0.350. The Balaban J connectivity index is 1.45. The molecule has 0 atom stereocenters. The molecule has 1 fully saturated rings. The molecule has 2 N–H and O–H groups in total. The van der Waals surface area contributed by atoms with E-state index in [1.807, 2.05) is 6.07 Å². The fourth-order valence-electron chi connectivity index (χ4n) is 3.27. The lowest BCUT2D eigenvalue weighted by Crippen LogP contribution is -2.41. The van der Waals surface area contributed by atoms with Crippen molar-refractivity contribution < 1.29 is 18.7 Å². The number of carbonyl (C=O) groups is 1. The highest BCUT2D eigenvalue weighted by molar-refractivity contribution is 5.87. The number of hydrogen-bond acceptors (Lipinski definition) is 3. The van der Waals surface area contributed by atoms with Crippen molar-refractivity contribution in [3.8, 4) is 0 Å². The summed E-state index contributed by atoms with van der Waals surface area (Å²) in [6, 6.07) is 11.4. The molecule has 0 radical (unpaired) electrons. The summed E-state index contributed by atoms with van der Waals surface area (Å²) in [7, 11) is 0. The lowest BCUT2D eigenvalue weighted by molar-refractivity contribution is 0.0696. The van der Waals surface area contributed by atoms with Crippen molar-refractivity contribution >= 4 is 5.97 Å². The maximum Gasteiger partial charge on any atom is 0.335 e. The SMILES string of the molecule is O=C(O)c1cccc(CNC2CCN(Cc3ccc(F)c(F)c3)CC2)c1. The van der Waals surface area contributed by atoms with Gasteiger partial charge in [0, 0.05) is 19.1 Å². The van der Waals surface area contributed by atoms with Gasteiger partial charge in [0.15, 0.2) is 11.6 Å². The smallest absolute Gasteiger partial charge is 0.335 e. The third-order valence-corrected chi connectivity index (χ3v) is 4.75. The molecule has 0 unspecified atom stereocenters. The number of piperidine rings is 1. The number of likely N-dealkylation sites (tertiary alicyclic amines) is 1. The van der Waals surface area contributed by atoms with E-state index >= 15 is 0 Å². The van der Waals surface area contributed by atoms with Gasteiger partial charge >= 0.3 is 5.97 Å². The highest BCUT2D eigenvalue weighted by Crippen LogP contribution is 2.16. The summed E-state index contributed by atoms with van der Waals surface area (Å²) in [5.41, 5.74) is 2.03. The number of carboxylic acids is 1. The number of halogens is 2. The van der Waals surface area contributed by atoms with Crippen molar-refractivity contribution in [2.24, 2.45) is 0 Å². The van der Waals surface area contributed by atoms with Crippen molar-refractivity contribution in [2.45, 2.75) is 32.0 Å². The van der Waals surface area contributed by atoms with Gasteiger partial charge < -0.3 is 10.4 Å². The molecule has 0 spiro atoms. The van der Waals surface area contributed by atoms with Crippen LogP contribution >= 0.6 is 0 Å². The molecule has 2 aromatic carbocycles. The molecule has 3 rings (SSSR count). The van der Waals surface area contributed by atoms with Crippen molar-refractivity contribution in [2.75, 3.05) is 13.1 Å². The minimum Gasteiger partial charge on any atom is -0.478 e. The maximum absolute atomic E-state index is 13.3. The summed E-state index contributed by atoms with van der Waals surface area (Å²) in [4.78, 5) is 13.2. The standard InChI is InChI=1S/C20H22F2N2O2/c21-18-5-4-15(11-19(18)22)13-24-8-6-17(7-9-24)23-12-14-2-1-3-16(10-14)20(25)26/h1-5,10-11,17,23H,6-9,12-13H2,(H,25,26). The predicted octanol–water partition coefficient (Wildman–Crippen LogP) is 3.42. The first-order valence-electron chi connectivity index (χ1n) is 8.73. The molecule has 26 heavy (non-hydrogen) atoms. The number of rotatable bonds is 6. The second-order valence-corrected chi connectivity index (χ2v) is 6.69. The van der Waals surface area contributed by atoms with E-state index in [2.05, 4.69) is 10.2 Å². The Hall–Kier alpha value is -2.31. The second-order valence-electron chi connectivity index (χ2n) is 6.69. The number of carboxylic acid groups (broad SMARTS) is 1. The zero-order chi connectivity index (χ0) is 18.5. The molecule has 4 nitrogen and oxygen atoms in total. The molecule has 2 aromatic rings. The van der Waals surface area contributed by atoms with Crippen LogP contribution in [-0.4, -0.2) is 35.1 Å². The van der Waals surface area contributed by atoms with Crippen LogP contribution in [0.4, 0.5) is 8.78 Å². The molecule has 0 bridgehead atoms. The van der Waals surface area contributed by atoms with Crippen molar-refractivity contribution in [3.63, 3.8) is 0 Å². The van der Waals surface area contributed by atoms with E-state index < -0.39 is 17.6 Å². The third kappa shape index (κ3) is 4.86. The Labute approximate surface area is 151 Å². The van der Waals surface area contributed by atoms with Crippen LogP contribution in [0.1, 0.15) is 34.3 Å². The molecule has 0 saturated carbocycles. The zero-order valence-electron chi connectivity index (χ0n) is 14.4. The van der Waals surface area contributed by atoms with E-state index in [1.54, 1.807) is 24.3 Å². The molecule has 1 aliphatic rings. The van der Waals surface area contributed by atoms with Gasteiger partial charge in [-0.25, -0.2) is 13.6 Å². The Morgan fingerprint density at radius 3 is 2.54 bits per heavy atom. The minimum absolute atomic E-state index is 0.297. The minimum atomic E-state index is -0.919. The molecule has 0 amide bonds. The van der Waals surface area contributed by atoms with Crippen LogP contribution in [0.3, 0.4) is 0 Å². The van der Waals surface area contributed by atoms with Crippen LogP contribution in [0.5, 0.6) is 0 Å². The quantitative estimate of drug-likeness (QED) is 0.829. The van der Waals surface area contributed by atoms with Crippen LogP contribution in [-0.2, 0) is 13.1 Å². The third-order valence-electron chi connectivity index (χ3n) is 4.75. The van der Waals surface area contributed by atoms with Gasteiger partial charge in [0.05, 0.1) is 5.56 Å². The second kappa shape index (κ2) is 8.38. The van der Waals surface area contributed by atoms with E-state index in [1.165, 1.54) is 12.1 Å². The molecular weight excluding hydrogens is 338 g/mol. The summed E-state index contributed by atoms with van der Waals surface area (Å²) in [5.74, 6) is -2.54. The Bertz CT molecular complexity index is 774.